The predicted molar refractivity (Wildman–Crippen MR) is 109 cm³/mol. The number of hydrogen-bond acceptors (Lipinski definition) is 4. The summed E-state index contributed by atoms with van der Waals surface area (Å²) in [4.78, 5) is 12.0. The van der Waals surface area contributed by atoms with Gasteiger partial charge in [-0.1, -0.05) is 6.07 Å². The number of aromatic nitrogens is 1. The van der Waals surface area contributed by atoms with Crippen molar-refractivity contribution in [2.45, 2.75) is 19.0 Å². The molecule has 1 saturated heterocycles. The lowest BCUT2D eigenvalue weighted by molar-refractivity contribution is 0.612. The zero-order valence-electron chi connectivity index (χ0n) is 16.4. The molecule has 1 unspecified atom stereocenters. The van der Waals surface area contributed by atoms with E-state index in [1.54, 1.807) is 30.3 Å². The molecule has 1 fully saturated rings. The van der Waals surface area contributed by atoms with E-state index < -0.39 is 0 Å². The van der Waals surface area contributed by atoms with Crippen LogP contribution in [0.3, 0.4) is 0 Å². The smallest absolute Gasteiger partial charge is 0.191 e. The summed E-state index contributed by atoms with van der Waals surface area (Å²) in [6.07, 6.45) is 2.45. The van der Waals surface area contributed by atoms with Crippen LogP contribution in [-0.4, -0.2) is 51.2 Å². The highest BCUT2D eigenvalue weighted by atomic mass is 19.1. The fourth-order valence-corrected chi connectivity index (χ4v) is 3.28. The van der Waals surface area contributed by atoms with Crippen molar-refractivity contribution in [1.29, 1.82) is 0 Å². The third kappa shape index (κ3) is 4.68. The molecule has 0 amide bonds. The fourth-order valence-electron chi connectivity index (χ4n) is 3.28. The Morgan fingerprint density at radius 2 is 2.11 bits per heavy atom. The monoisotopic (exact) mass is 388 g/mol. The zero-order chi connectivity index (χ0) is 20.1. The maximum Gasteiger partial charge on any atom is 0.191 e. The van der Waals surface area contributed by atoms with Crippen molar-refractivity contribution >= 4 is 17.5 Å². The largest absolute Gasteiger partial charge is 0.375 e. The number of guanidine groups is 1. The van der Waals surface area contributed by atoms with Crippen LogP contribution in [-0.2, 0) is 6.54 Å². The molecule has 1 atom stereocenters. The molecule has 1 aromatic carbocycles. The number of aliphatic imine (C=N–C) groups is 1. The maximum absolute atomic E-state index is 14.1. The molecule has 6 nitrogen and oxygen atoms in total. The molecule has 0 aliphatic carbocycles. The Hall–Kier alpha value is -2.90. The van der Waals surface area contributed by atoms with Crippen molar-refractivity contribution in [1.82, 2.24) is 15.6 Å². The van der Waals surface area contributed by atoms with Crippen LogP contribution in [0, 0.1) is 11.6 Å². The molecule has 0 spiro atoms. The van der Waals surface area contributed by atoms with Gasteiger partial charge in [0.25, 0.3) is 0 Å². The molecule has 1 aliphatic rings. The van der Waals surface area contributed by atoms with Crippen molar-refractivity contribution in [3.05, 3.63) is 53.7 Å². The summed E-state index contributed by atoms with van der Waals surface area (Å²) in [6.45, 7) is 1.82. The minimum absolute atomic E-state index is 0.125. The summed E-state index contributed by atoms with van der Waals surface area (Å²) in [5, 5.41) is 6.55. The highest BCUT2D eigenvalue weighted by Crippen LogP contribution is 2.21. The Morgan fingerprint density at radius 1 is 1.29 bits per heavy atom. The Labute approximate surface area is 164 Å². The second kappa shape index (κ2) is 8.86. The number of benzene rings is 1. The van der Waals surface area contributed by atoms with Crippen LogP contribution < -0.4 is 20.4 Å². The average Bonchev–Trinajstić information content (AvgIpc) is 3.13. The summed E-state index contributed by atoms with van der Waals surface area (Å²) >= 11 is 0. The topological polar surface area (TPSA) is 55.8 Å². The first-order valence-corrected chi connectivity index (χ1v) is 9.26. The van der Waals surface area contributed by atoms with Crippen LogP contribution in [0.5, 0.6) is 0 Å². The van der Waals surface area contributed by atoms with Gasteiger partial charge >= 0.3 is 0 Å². The number of nitrogens with one attached hydrogen (secondary N) is 2. The molecular formula is C20H26F2N6. The summed E-state index contributed by atoms with van der Waals surface area (Å²) in [5.41, 5.74) is 1.38. The summed E-state index contributed by atoms with van der Waals surface area (Å²) in [6, 6.07) is 8.31. The van der Waals surface area contributed by atoms with Gasteiger partial charge in [0.1, 0.15) is 5.82 Å². The molecule has 0 bridgehead atoms. The van der Waals surface area contributed by atoms with Crippen molar-refractivity contribution in [2.24, 2.45) is 4.99 Å². The van der Waals surface area contributed by atoms with Gasteiger partial charge in [0.15, 0.2) is 17.6 Å². The van der Waals surface area contributed by atoms with E-state index in [-0.39, 0.29) is 17.7 Å². The molecule has 8 heteroatoms. The van der Waals surface area contributed by atoms with Gasteiger partial charge in [0.05, 0.1) is 5.69 Å². The molecule has 1 aliphatic heterocycles. The van der Waals surface area contributed by atoms with Gasteiger partial charge in [-0.15, -0.1) is 0 Å². The zero-order valence-corrected chi connectivity index (χ0v) is 16.4. The Balaban J connectivity index is 1.54. The molecule has 2 N–H and O–H groups in total. The van der Waals surface area contributed by atoms with E-state index in [1.807, 2.05) is 25.1 Å². The van der Waals surface area contributed by atoms with Gasteiger partial charge in [-0.2, -0.15) is 0 Å². The summed E-state index contributed by atoms with van der Waals surface area (Å²) < 4.78 is 28.0. The average molecular weight is 388 g/mol. The van der Waals surface area contributed by atoms with Crippen LogP contribution >= 0.6 is 0 Å². The first kappa shape index (κ1) is 19.9. The number of rotatable bonds is 5. The van der Waals surface area contributed by atoms with Gasteiger partial charge in [0.2, 0.25) is 0 Å². The number of nitrogens with zero attached hydrogens (tertiary/aromatic N) is 4. The lowest BCUT2D eigenvalue weighted by atomic mass is 10.2. The lowest BCUT2D eigenvalue weighted by Crippen LogP contribution is -2.44. The minimum atomic E-state index is -0.311. The van der Waals surface area contributed by atoms with Crippen molar-refractivity contribution < 1.29 is 8.78 Å². The van der Waals surface area contributed by atoms with Gasteiger partial charge < -0.3 is 20.4 Å². The van der Waals surface area contributed by atoms with Crippen LogP contribution in [0.15, 0.2) is 41.5 Å². The van der Waals surface area contributed by atoms with Crippen molar-refractivity contribution in [3.63, 3.8) is 0 Å². The molecule has 150 valence electrons. The predicted octanol–water partition coefficient (Wildman–Crippen LogP) is 2.37. The van der Waals surface area contributed by atoms with Crippen LogP contribution in [0.25, 0.3) is 0 Å². The van der Waals surface area contributed by atoms with E-state index in [4.69, 9.17) is 0 Å². The highest BCUT2D eigenvalue weighted by molar-refractivity contribution is 5.80. The van der Waals surface area contributed by atoms with Crippen molar-refractivity contribution in [2.75, 3.05) is 44.0 Å². The van der Waals surface area contributed by atoms with Gasteiger partial charge in [-0.3, -0.25) is 4.99 Å². The molecule has 3 rings (SSSR count). The first-order valence-electron chi connectivity index (χ1n) is 9.26. The normalized spacial score (nSPS) is 17.0. The molecule has 1 aromatic heterocycles. The van der Waals surface area contributed by atoms with Crippen LogP contribution in [0.1, 0.15) is 12.0 Å². The third-order valence-electron chi connectivity index (χ3n) is 4.75. The van der Waals surface area contributed by atoms with Gasteiger partial charge in [0, 0.05) is 53.0 Å². The van der Waals surface area contributed by atoms with Crippen LogP contribution in [0.2, 0.25) is 0 Å². The molecule has 2 heterocycles. The third-order valence-corrected chi connectivity index (χ3v) is 4.75. The minimum Gasteiger partial charge on any atom is -0.375 e. The molecule has 2 aromatic rings. The quantitative estimate of drug-likeness (QED) is 0.608. The van der Waals surface area contributed by atoms with E-state index in [0.29, 0.717) is 30.6 Å². The lowest BCUT2D eigenvalue weighted by Gasteiger charge is -2.20. The standard InChI is InChI=1S/C20H26F2N6/c1-23-20(25-12-14-6-7-18(27(2)3)17(22)11-14)26-15-8-10-28(13-15)19-16(21)5-4-9-24-19/h4-7,9,11,15H,8,10,12-13H2,1-3H3,(H2,23,25,26). The van der Waals surface area contributed by atoms with Gasteiger partial charge in [-0.25, -0.2) is 13.8 Å². The van der Waals surface area contributed by atoms with E-state index in [2.05, 4.69) is 20.6 Å². The molecule has 0 saturated carbocycles. The Kier molecular flexibility index (Phi) is 6.28. The van der Waals surface area contributed by atoms with E-state index >= 15 is 0 Å². The fraction of sp³-hybridized carbons (Fsp3) is 0.400. The number of halogens is 2. The summed E-state index contributed by atoms with van der Waals surface area (Å²) in [7, 11) is 5.31. The highest BCUT2D eigenvalue weighted by Gasteiger charge is 2.25. The number of pyridine rings is 1. The van der Waals surface area contributed by atoms with E-state index in [1.165, 1.54) is 12.1 Å². The molecule has 0 radical (unpaired) electrons. The van der Waals surface area contributed by atoms with E-state index in [0.717, 1.165) is 18.5 Å². The van der Waals surface area contributed by atoms with Crippen LogP contribution in [0.4, 0.5) is 20.3 Å². The Bertz CT molecular complexity index is 839. The second-order valence-corrected chi connectivity index (χ2v) is 6.99. The number of anilines is 2. The molecular weight excluding hydrogens is 362 g/mol. The number of hydrogen-bond donors (Lipinski definition) is 2. The van der Waals surface area contributed by atoms with Crippen molar-refractivity contribution in [3.8, 4) is 0 Å². The first-order chi connectivity index (χ1) is 13.5. The SMILES string of the molecule is CN=C(NCc1ccc(N(C)C)c(F)c1)NC1CCN(c2ncccc2F)C1. The van der Waals surface area contributed by atoms with Gasteiger partial charge in [-0.05, 0) is 36.2 Å². The van der Waals surface area contributed by atoms with E-state index in [9.17, 15) is 8.78 Å². The summed E-state index contributed by atoms with van der Waals surface area (Å²) in [5.74, 6) is 0.446. The second-order valence-electron chi connectivity index (χ2n) is 6.99. The Morgan fingerprint density at radius 3 is 2.79 bits per heavy atom. The molecule has 28 heavy (non-hydrogen) atoms. The maximum atomic E-state index is 14.1.